The Hall–Kier alpha value is -11.8. The third-order valence-electron chi connectivity index (χ3n) is 16.4. The Morgan fingerprint density at radius 3 is 1.06 bits per heavy atom. The second-order valence-electron chi connectivity index (χ2n) is 23.5. The summed E-state index contributed by atoms with van der Waals surface area (Å²) in [6.45, 7) is -0.979. The van der Waals surface area contributed by atoms with Crippen LogP contribution in [0.3, 0.4) is 0 Å². The number of carbonyl (C=O) groups is 6. The Labute approximate surface area is 637 Å². The zero-order valence-corrected chi connectivity index (χ0v) is 59.9. The lowest BCUT2D eigenvalue weighted by atomic mass is 10.1. The number of esters is 6. The van der Waals surface area contributed by atoms with Gasteiger partial charge in [-0.05, 0) is 108 Å². The molecule has 3 aliphatic heterocycles. The second kappa shape index (κ2) is 35.3. The first-order valence-corrected chi connectivity index (χ1v) is 34.6. The molecule has 3 saturated heterocycles. The van der Waals surface area contributed by atoms with Gasteiger partial charge < -0.3 is 64.8 Å². The smallest absolute Gasteiger partial charge is 0.338 e. The normalized spacial score (nSPS) is 21.1. The van der Waals surface area contributed by atoms with E-state index in [1.165, 1.54) is 28.1 Å². The zero-order chi connectivity index (χ0) is 76.8. The summed E-state index contributed by atoms with van der Waals surface area (Å²) in [6, 6.07) is 49.5. The summed E-state index contributed by atoms with van der Waals surface area (Å²) in [5.41, 5.74) is 20.7. The maximum Gasteiger partial charge on any atom is 0.338 e. The van der Waals surface area contributed by atoms with Gasteiger partial charge in [-0.15, -0.1) is 0 Å². The van der Waals surface area contributed by atoms with E-state index in [0.717, 1.165) is 0 Å². The number of anilines is 3. The molecule has 6 aromatic heterocycles. The topological polar surface area (TPSA) is 405 Å². The second-order valence-corrected chi connectivity index (χ2v) is 25.4. The van der Waals surface area contributed by atoms with Gasteiger partial charge in [0.05, 0.1) is 52.4 Å². The first kappa shape index (κ1) is 76.8. The van der Waals surface area contributed by atoms with E-state index in [-0.39, 0.29) is 80.8 Å². The number of hydrogen-bond acceptors (Lipinski definition) is 27. The lowest BCUT2D eigenvalue weighted by Gasteiger charge is -2.19. The number of H-pyrrole nitrogens is 1. The van der Waals surface area contributed by atoms with E-state index < -0.39 is 108 Å². The molecule has 3 fully saturated rings. The van der Waals surface area contributed by atoms with E-state index in [1.807, 2.05) is 0 Å². The Morgan fingerprint density at radius 1 is 0.413 bits per heavy atom. The molecule has 0 amide bonds. The molecule has 0 spiro atoms. The van der Waals surface area contributed by atoms with Crippen LogP contribution in [0.25, 0.3) is 33.5 Å². The fourth-order valence-electron chi connectivity index (χ4n) is 11.1. The molecule has 560 valence electrons. The van der Waals surface area contributed by atoms with Gasteiger partial charge >= 0.3 is 35.8 Å². The highest BCUT2D eigenvalue weighted by molar-refractivity contribution is 9.09. The van der Waals surface area contributed by atoms with Crippen LogP contribution in [0.2, 0.25) is 15.9 Å². The van der Waals surface area contributed by atoms with E-state index >= 15 is 8.78 Å². The molecule has 9 heterocycles. The number of benzene rings is 6. The quantitative estimate of drug-likeness (QED) is 0.0285. The average Bonchev–Trinajstić information content (AvgIpc) is 1.62. The van der Waals surface area contributed by atoms with E-state index in [9.17, 15) is 33.2 Å². The Morgan fingerprint density at radius 2 is 0.716 bits per heavy atom. The van der Waals surface area contributed by atoms with Crippen LogP contribution in [0.15, 0.2) is 201 Å². The molecule has 37 heteroatoms. The minimum atomic E-state index is -1.87. The van der Waals surface area contributed by atoms with Crippen LogP contribution >= 0.6 is 50.7 Å². The van der Waals surface area contributed by atoms with Crippen LogP contribution in [-0.2, 0) is 42.6 Å². The fourth-order valence-corrected chi connectivity index (χ4v) is 12.2. The molecule has 12 aromatic rings. The first-order chi connectivity index (χ1) is 52.7. The summed E-state index contributed by atoms with van der Waals surface area (Å²) in [6.07, 6.45) is -11.1. The van der Waals surface area contributed by atoms with Crippen LogP contribution in [0.1, 0.15) is 74.6 Å². The van der Waals surface area contributed by atoms with Crippen molar-refractivity contribution in [3.05, 3.63) is 250 Å². The molecule has 0 aliphatic carbocycles. The van der Waals surface area contributed by atoms with Crippen molar-refractivity contribution >= 4 is 137 Å². The number of nitrogens with zero attached hydrogens (tertiary/aromatic N) is 11. The monoisotopic (exact) mass is 1610 g/mol. The average molecular weight is 1620 g/mol. The lowest BCUT2D eigenvalue weighted by molar-refractivity contribution is -0.0571. The number of alkyl halides is 4. The molecule has 7 N–H and O–H groups in total. The summed E-state index contributed by atoms with van der Waals surface area (Å²) >= 11 is 20.4. The number of rotatable bonds is 17. The molecule has 12 atom stereocenters. The van der Waals surface area contributed by atoms with Gasteiger partial charge in [-0.1, -0.05) is 125 Å². The highest BCUT2D eigenvalue weighted by Gasteiger charge is 2.52. The third-order valence-corrected chi connectivity index (χ3v) is 17.6. The molecule has 0 saturated carbocycles. The number of aromatic amines is 1. The van der Waals surface area contributed by atoms with E-state index in [0.29, 0.717) is 39.2 Å². The molecular formula is C72H58BrCl3F3N15O15. The van der Waals surface area contributed by atoms with Crippen molar-refractivity contribution in [1.82, 2.24) is 59.0 Å². The van der Waals surface area contributed by atoms with Crippen molar-refractivity contribution in [2.75, 3.05) is 37.0 Å². The van der Waals surface area contributed by atoms with Crippen LogP contribution in [0, 0.1) is 0 Å². The lowest BCUT2D eigenvalue weighted by Crippen LogP contribution is -2.37. The minimum Gasteiger partial charge on any atom is -0.459 e. The highest BCUT2D eigenvalue weighted by Crippen LogP contribution is 2.39. The van der Waals surface area contributed by atoms with Gasteiger partial charge in [0.15, 0.2) is 83.7 Å². The number of hydrogen-bond donors (Lipinski definition) is 4. The Balaban J connectivity index is 0.000000144. The number of aromatic nitrogens is 12. The molecule has 6 aromatic carbocycles. The highest BCUT2D eigenvalue weighted by atomic mass is 79.9. The standard InChI is InChI=1S/2C24H19ClFN5O5.C19H16BrFO5.C5H4ClN5/c2*25-24-29-19(27)17-20(30-24)31(12-28-17)21-16(26)18(36-23(33)14-9-5-2-6-10-14)15(35-21)11-34-22(32)13-7-3-1-4-8-13;20-17-15(21)16(26-19(23)13-9-5-2-6-10-13)14(25-17)11-24-18(22)12-7-3-1-4-8-12;6-5-10-3(7)2-4(11-5)9-1-8-2/h2*1-10,12,15-16,18,21H,11H2,(H2,27,29,30);1-10,14-17H,11H2;1H,(H3,7,8,9,10,11)/t15-,16+,18-,21+;15-,16+,18-,21-;14-,15+,16-,17+;/m000./s1. The summed E-state index contributed by atoms with van der Waals surface area (Å²) in [5, 5.41) is -1.15. The van der Waals surface area contributed by atoms with Gasteiger partial charge in [-0.3, -0.25) is 9.13 Å². The zero-order valence-electron chi connectivity index (χ0n) is 56.0. The van der Waals surface area contributed by atoms with Crippen LogP contribution in [0.5, 0.6) is 0 Å². The number of carbonyl (C=O) groups excluding carboxylic acids is 6. The summed E-state index contributed by atoms with van der Waals surface area (Å²) < 4.78 is 97.9. The molecular weight excluding hydrogens is 1560 g/mol. The van der Waals surface area contributed by atoms with Crippen LogP contribution < -0.4 is 17.2 Å². The van der Waals surface area contributed by atoms with Crippen molar-refractivity contribution in [3.63, 3.8) is 0 Å². The fraction of sp³-hybridized carbons (Fsp3) is 0.208. The molecule has 15 rings (SSSR count). The molecule has 109 heavy (non-hydrogen) atoms. The number of halogens is 7. The summed E-state index contributed by atoms with van der Waals surface area (Å²) in [5.74, 6) is -3.65. The summed E-state index contributed by atoms with van der Waals surface area (Å²) in [4.78, 5) is 113. The largest absolute Gasteiger partial charge is 0.459 e. The molecule has 0 bridgehead atoms. The molecule has 0 radical (unpaired) electrons. The Bertz CT molecular complexity index is 4970. The van der Waals surface area contributed by atoms with Crippen molar-refractivity contribution in [1.29, 1.82) is 0 Å². The predicted octanol–water partition coefficient (Wildman–Crippen LogP) is 10.9. The minimum absolute atomic E-state index is 0.0116. The number of nitrogens with one attached hydrogen (secondary N) is 1. The van der Waals surface area contributed by atoms with E-state index in [4.69, 9.17) is 94.6 Å². The van der Waals surface area contributed by atoms with Gasteiger partial charge in [0, 0.05) is 0 Å². The van der Waals surface area contributed by atoms with Crippen molar-refractivity contribution < 1.29 is 84.6 Å². The number of nitrogens with two attached hydrogens (primary N) is 3. The predicted molar refractivity (Wildman–Crippen MR) is 388 cm³/mol. The van der Waals surface area contributed by atoms with Gasteiger partial charge in [0.2, 0.25) is 15.9 Å². The van der Waals surface area contributed by atoms with Gasteiger partial charge in [-0.25, -0.2) is 56.9 Å². The van der Waals surface area contributed by atoms with E-state index in [1.54, 1.807) is 182 Å². The maximum absolute atomic E-state index is 15.8. The Kier molecular flexibility index (Phi) is 24.9. The molecule has 30 nitrogen and oxygen atoms in total. The number of fused-ring (bicyclic) bond motifs is 3. The number of ether oxygens (including phenoxy) is 9. The van der Waals surface area contributed by atoms with Crippen LogP contribution in [-0.4, -0.2) is 175 Å². The SMILES string of the molecule is Nc1nc(Cl)nc2c1ncn2[C@@H]1O[C@@H](COC(=O)c2ccccc2)[C@H](OC(=O)c2ccccc2)[C@H]1F.Nc1nc(Cl)nc2c1ncn2[C@H]1O[C@@H](COC(=O)c2ccccc2)[C@H](OC(=O)c2ccccc2)[C@H]1F.Nc1nc(Cl)nc2nc[nH]c12.O=C(OC[C@@H]1O[C@@H](Br)[C@H](F)[C@H]1OC(=O)c1ccccc1)c1ccccc1. The van der Waals surface area contributed by atoms with Crippen LogP contribution in [0.4, 0.5) is 30.6 Å². The van der Waals surface area contributed by atoms with Crippen molar-refractivity contribution in [3.8, 4) is 0 Å². The molecule has 0 unspecified atom stereocenters. The third kappa shape index (κ3) is 18.4. The van der Waals surface area contributed by atoms with Gasteiger partial charge in [0.25, 0.3) is 0 Å². The number of imidazole rings is 3. The molecule has 3 aliphatic rings. The van der Waals surface area contributed by atoms with Gasteiger partial charge in [-0.2, -0.15) is 29.9 Å². The maximum atomic E-state index is 15.8. The van der Waals surface area contributed by atoms with Crippen molar-refractivity contribution in [2.45, 2.75) is 72.6 Å². The van der Waals surface area contributed by atoms with E-state index in [2.05, 4.69) is 65.8 Å². The van der Waals surface area contributed by atoms with Crippen molar-refractivity contribution in [2.24, 2.45) is 0 Å². The van der Waals surface area contributed by atoms with Gasteiger partial charge in [0.1, 0.15) is 59.7 Å². The first-order valence-electron chi connectivity index (χ1n) is 32.6. The summed E-state index contributed by atoms with van der Waals surface area (Å²) in [7, 11) is 0. The number of nitrogen functional groups attached to an aromatic ring is 3.